The van der Waals surface area contributed by atoms with Crippen LogP contribution in [0, 0.1) is 6.92 Å². The number of hydrogen-bond acceptors (Lipinski definition) is 2. The summed E-state index contributed by atoms with van der Waals surface area (Å²) in [4.78, 5) is 5.36. The van der Waals surface area contributed by atoms with Crippen LogP contribution in [0.25, 0.3) is 0 Å². The highest BCUT2D eigenvalue weighted by Crippen LogP contribution is 2.64. The second kappa shape index (κ2) is 12.4. The molecule has 0 aromatic heterocycles. The molecule has 0 fully saturated rings. The molecule has 2 aliphatic carbocycles. The molecule has 4 aliphatic rings. The first-order valence-electron chi connectivity index (χ1n) is 22.9. The average Bonchev–Trinajstić information content (AvgIpc) is 3.42. The molecule has 0 N–H and O–H groups in total. The van der Waals surface area contributed by atoms with Crippen molar-refractivity contribution in [2.75, 3.05) is 9.80 Å². The maximum atomic E-state index is 2.70. The maximum absolute atomic E-state index is 2.70. The predicted octanol–water partition coefficient (Wildman–Crippen LogP) is 16.6. The third-order valence-electron chi connectivity index (χ3n) is 15.2. The second-order valence-electron chi connectivity index (χ2n) is 25.1. The molecule has 0 spiro atoms. The van der Waals surface area contributed by atoms with Crippen LogP contribution in [0.15, 0.2) is 78.9 Å². The lowest BCUT2D eigenvalue weighted by Gasteiger charge is -2.47. The summed E-state index contributed by atoms with van der Waals surface area (Å²) in [5.41, 5.74) is 23.8. The van der Waals surface area contributed by atoms with E-state index in [4.69, 9.17) is 0 Å². The van der Waals surface area contributed by atoms with Crippen molar-refractivity contribution in [2.45, 2.75) is 181 Å². The Morgan fingerprint density at radius 2 is 0.883 bits per heavy atom. The Morgan fingerprint density at radius 1 is 0.417 bits per heavy atom. The average molecular weight is 797 g/mol. The van der Waals surface area contributed by atoms with Crippen molar-refractivity contribution in [1.29, 1.82) is 0 Å². The van der Waals surface area contributed by atoms with E-state index in [1.165, 1.54) is 95.3 Å². The standard InChI is InChI=1S/C58H72N2/c1-34-25-35(52(2,3)4)20-24-45(34)60-46-26-36(53(5,6)7)19-22-39(46)50-40-30-43-44(58(17,18)33-57(43,15)16)31-47(40)59(48-27-37(54(8,9)10)28-49(60)51(48)50)38-21-23-41-42(29-38)56(13,14)32-55(41,11)12/h19-31,50H,32-33H2,1-18H3. The first-order valence-corrected chi connectivity index (χ1v) is 22.9. The van der Waals surface area contributed by atoms with Gasteiger partial charge in [-0.15, -0.1) is 0 Å². The van der Waals surface area contributed by atoms with Crippen LogP contribution in [-0.2, 0) is 37.9 Å². The lowest BCUT2D eigenvalue weighted by Crippen LogP contribution is -2.31. The van der Waals surface area contributed by atoms with Gasteiger partial charge in [0.15, 0.2) is 0 Å². The summed E-state index contributed by atoms with van der Waals surface area (Å²) in [5.74, 6) is 0.0827. The Morgan fingerprint density at radius 3 is 1.45 bits per heavy atom. The van der Waals surface area contributed by atoms with Gasteiger partial charge in [-0.2, -0.15) is 0 Å². The summed E-state index contributed by atoms with van der Waals surface area (Å²) in [6, 6.07) is 32.6. The van der Waals surface area contributed by atoms with Crippen molar-refractivity contribution in [3.8, 4) is 0 Å². The number of anilines is 6. The SMILES string of the molecule is Cc1cc(C(C)(C)C)ccc1N1c2cc(C(C)(C)C)ccc2C2c3cc4c(cc3N(c3ccc5c(c3)C(C)(C)CC5(C)C)c3cc(C(C)(C)C)cc1c32)C(C)(C)CC4(C)C. The van der Waals surface area contributed by atoms with Gasteiger partial charge in [-0.3, -0.25) is 0 Å². The van der Waals surface area contributed by atoms with Gasteiger partial charge in [-0.25, -0.2) is 0 Å². The fourth-order valence-electron chi connectivity index (χ4n) is 12.4. The Hall–Kier alpha value is -4.30. The van der Waals surface area contributed by atoms with Crippen molar-refractivity contribution in [2.24, 2.45) is 0 Å². The van der Waals surface area contributed by atoms with E-state index in [-0.39, 0.29) is 43.8 Å². The van der Waals surface area contributed by atoms with Gasteiger partial charge in [0.25, 0.3) is 0 Å². The van der Waals surface area contributed by atoms with Gasteiger partial charge >= 0.3 is 0 Å². The number of benzene rings is 5. The fraction of sp³-hybridized carbons (Fsp3) is 0.483. The van der Waals surface area contributed by atoms with Crippen LogP contribution in [0.2, 0.25) is 0 Å². The molecule has 0 amide bonds. The van der Waals surface area contributed by atoms with Gasteiger partial charge in [-0.05, 0) is 156 Å². The molecular weight excluding hydrogens is 725 g/mol. The zero-order valence-corrected chi connectivity index (χ0v) is 40.4. The van der Waals surface area contributed by atoms with Crippen molar-refractivity contribution in [3.05, 3.63) is 140 Å². The summed E-state index contributed by atoms with van der Waals surface area (Å²) < 4.78 is 0. The van der Waals surface area contributed by atoms with E-state index in [1.54, 1.807) is 0 Å². The number of fused-ring (bicyclic) bond motifs is 6. The van der Waals surface area contributed by atoms with Gasteiger partial charge in [0.05, 0.1) is 22.7 Å². The summed E-state index contributed by atoms with van der Waals surface area (Å²) in [6.45, 7) is 43.2. The summed E-state index contributed by atoms with van der Waals surface area (Å²) >= 11 is 0. The van der Waals surface area contributed by atoms with Crippen molar-refractivity contribution >= 4 is 34.1 Å². The van der Waals surface area contributed by atoms with Crippen molar-refractivity contribution in [1.82, 2.24) is 0 Å². The predicted molar refractivity (Wildman–Crippen MR) is 259 cm³/mol. The summed E-state index contributed by atoms with van der Waals surface area (Å²) in [5, 5.41) is 0. The minimum Gasteiger partial charge on any atom is -0.310 e. The Kier molecular flexibility index (Phi) is 8.50. The number of nitrogens with zero attached hydrogens (tertiary/aromatic N) is 2. The molecule has 0 bridgehead atoms. The zero-order chi connectivity index (χ0) is 43.7. The van der Waals surface area contributed by atoms with E-state index in [0.717, 1.165) is 12.8 Å². The Balaban J connectivity index is 1.43. The first kappa shape index (κ1) is 41.1. The summed E-state index contributed by atoms with van der Waals surface area (Å²) in [7, 11) is 0. The van der Waals surface area contributed by atoms with Crippen LogP contribution in [-0.4, -0.2) is 0 Å². The molecule has 1 atom stereocenters. The molecule has 5 aromatic carbocycles. The minimum atomic E-state index is -0.0782. The smallest absolute Gasteiger partial charge is 0.0527 e. The quantitative estimate of drug-likeness (QED) is 0.172. The van der Waals surface area contributed by atoms with Crippen LogP contribution < -0.4 is 9.80 Å². The second-order valence-corrected chi connectivity index (χ2v) is 25.1. The van der Waals surface area contributed by atoms with E-state index in [2.05, 4.69) is 213 Å². The molecule has 1 unspecified atom stereocenters. The highest BCUT2D eigenvalue weighted by atomic mass is 15.2. The summed E-state index contributed by atoms with van der Waals surface area (Å²) in [6.07, 6.45) is 2.29. The molecule has 0 radical (unpaired) electrons. The monoisotopic (exact) mass is 797 g/mol. The molecule has 5 aromatic rings. The lowest BCUT2D eigenvalue weighted by atomic mass is 9.71. The third kappa shape index (κ3) is 6.07. The highest BCUT2D eigenvalue weighted by molar-refractivity contribution is 5.97. The van der Waals surface area contributed by atoms with Gasteiger partial charge in [0.2, 0.25) is 0 Å². The number of rotatable bonds is 2. The van der Waals surface area contributed by atoms with Gasteiger partial charge < -0.3 is 9.80 Å². The lowest BCUT2D eigenvalue weighted by molar-refractivity contribution is 0.402. The van der Waals surface area contributed by atoms with Crippen LogP contribution >= 0.6 is 0 Å². The number of aryl methyl sites for hydroxylation is 1. The highest BCUT2D eigenvalue weighted by Gasteiger charge is 2.48. The molecule has 60 heavy (non-hydrogen) atoms. The molecule has 9 rings (SSSR count). The maximum Gasteiger partial charge on any atom is 0.0527 e. The minimum absolute atomic E-state index is 0.00184. The van der Waals surface area contributed by atoms with Crippen LogP contribution in [0.5, 0.6) is 0 Å². The number of hydrogen-bond donors (Lipinski definition) is 0. The zero-order valence-electron chi connectivity index (χ0n) is 40.4. The van der Waals surface area contributed by atoms with Gasteiger partial charge in [0.1, 0.15) is 0 Å². The van der Waals surface area contributed by atoms with Gasteiger partial charge in [-0.1, -0.05) is 154 Å². The van der Waals surface area contributed by atoms with Crippen LogP contribution in [0.1, 0.15) is 198 Å². The topological polar surface area (TPSA) is 6.48 Å². The normalized spacial score (nSPS) is 20.3. The Bertz CT molecular complexity index is 2620. The van der Waals surface area contributed by atoms with E-state index in [9.17, 15) is 0 Å². The Labute approximate surface area is 363 Å². The molecule has 2 nitrogen and oxygen atoms in total. The molecule has 2 heteroatoms. The van der Waals surface area contributed by atoms with E-state index in [1.807, 2.05) is 0 Å². The molecular formula is C58H72N2. The molecule has 2 aliphatic heterocycles. The third-order valence-corrected chi connectivity index (χ3v) is 15.2. The molecule has 314 valence electrons. The largest absolute Gasteiger partial charge is 0.310 e. The first-order chi connectivity index (χ1) is 27.5. The molecule has 0 saturated heterocycles. The van der Waals surface area contributed by atoms with E-state index >= 15 is 0 Å². The van der Waals surface area contributed by atoms with Gasteiger partial charge in [0, 0.05) is 22.9 Å². The molecule has 2 heterocycles. The van der Waals surface area contributed by atoms with Crippen molar-refractivity contribution < 1.29 is 0 Å². The van der Waals surface area contributed by atoms with Crippen LogP contribution in [0.4, 0.5) is 34.1 Å². The van der Waals surface area contributed by atoms with Crippen molar-refractivity contribution in [3.63, 3.8) is 0 Å². The van der Waals surface area contributed by atoms with E-state index in [0.29, 0.717) is 0 Å². The van der Waals surface area contributed by atoms with Crippen LogP contribution in [0.3, 0.4) is 0 Å². The van der Waals surface area contributed by atoms with E-state index < -0.39 is 0 Å². The molecule has 0 saturated carbocycles. The fourth-order valence-corrected chi connectivity index (χ4v) is 12.4.